The van der Waals surface area contributed by atoms with Crippen molar-refractivity contribution in [3.63, 3.8) is 0 Å². The van der Waals surface area contributed by atoms with Gasteiger partial charge in [0.15, 0.2) is 0 Å². The molecule has 0 amide bonds. The molecule has 1 N–H and O–H groups in total. The first-order valence-corrected chi connectivity index (χ1v) is 6.57. The van der Waals surface area contributed by atoms with Crippen LogP contribution in [0.2, 0.25) is 0 Å². The lowest BCUT2D eigenvalue weighted by atomic mass is 9.81. The van der Waals surface area contributed by atoms with Crippen LogP contribution in [0.5, 0.6) is 5.75 Å². The predicted molar refractivity (Wildman–Crippen MR) is 74.2 cm³/mol. The van der Waals surface area contributed by atoms with E-state index in [-0.39, 0.29) is 6.10 Å². The minimum absolute atomic E-state index is 0.159. The molecule has 0 radical (unpaired) electrons. The van der Waals surface area contributed by atoms with E-state index in [4.69, 9.17) is 9.47 Å². The van der Waals surface area contributed by atoms with E-state index in [0.717, 1.165) is 37.1 Å². The third-order valence-corrected chi connectivity index (χ3v) is 3.71. The quantitative estimate of drug-likeness (QED) is 0.904. The van der Waals surface area contributed by atoms with Crippen LogP contribution >= 0.6 is 0 Å². The lowest BCUT2D eigenvalue weighted by Crippen LogP contribution is -2.43. The molecule has 19 heavy (non-hydrogen) atoms. The van der Waals surface area contributed by atoms with Crippen LogP contribution in [0, 0.1) is 11.3 Å². The van der Waals surface area contributed by atoms with Gasteiger partial charge in [-0.2, -0.15) is 5.26 Å². The molecule has 0 spiro atoms. The number of nitrogens with one attached hydrogen (secondary N) is 1. The van der Waals surface area contributed by atoms with Crippen LogP contribution < -0.4 is 10.1 Å². The molecule has 0 aliphatic heterocycles. The number of anilines is 1. The maximum Gasteiger partial charge on any atom is 0.127 e. The van der Waals surface area contributed by atoms with Crippen molar-refractivity contribution in [3.8, 4) is 11.8 Å². The summed E-state index contributed by atoms with van der Waals surface area (Å²) in [5, 5.41) is 12.9. The maximum atomic E-state index is 9.54. The van der Waals surface area contributed by atoms with Gasteiger partial charge in [0, 0.05) is 25.3 Å². The van der Waals surface area contributed by atoms with E-state index in [2.05, 4.69) is 11.4 Å². The molecule has 0 heterocycles. The first-order chi connectivity index (χ1) is 9.21. The van der Waals surface area contributed by atoms with Crippen LogP contribution in [0.15, 0.2) is 24.3 Å². The molecule has 102 valence electrons. The SMILES string of the molecule is COc1cccc(NC2(C#N)CCCC(OC)C2)c1. The molecule has 0 aromatic heterocycles. The summed E-state index contributed by atoms with van der Waals surface area (Å²) < 4.78 is 10.6. The van der Waals surface area contributed by atoms with Crippen molar-refractivity contribution in [2.75, 3.05) is 19.5 Å². The van der Waals surface area contributed by atoms with Crippen LogP contribution in [0.25, 0.3) is 0 Å². The lowest BCUT2D eigenvalue weighted by Gasteiger charge is -2.36. The Morgan fingerprint density at radius 3 is 2.95 bits per heavy atom. The number of hydrogen-bond acceptors (Lipinski definition) is 4. The third kappa shape index (κ3) is 3.18. The van der Waals surface area contributed by atoms with Crippen molar-refractivity contribution in [3.05, 3.63) is 24.3 Å². The monoisotopic (exact) mass is 260 g/mol. The summed E-state index contributed by atoms with van der Waals surface area (Å²) >= 11 is 0. The van der Waals surface area contributed by atoms with Gasteiger partial charge in [0.05, 0.1) is 19.3 Å². The smallest absolute Gasteiger partial charge is 0.127 e. The zero-order valence-corrected chi connectivity index (χ0v) is 11.5. The van der Waals surface area contributed by atoms with Crippen molar-refractivity contribution < 1.29 is 9.47 Å². The zero-order valence-electron chi connectivity index (χ0n) is 11.5. The Morgan fingerprint density at radius 1 is 1.42 bits per heavy atom. The fourth-order valence-corrected chi connectivity index (χ4v) is 2.65. The summed E-state index contributed by atoms with van der Waals surface area (Å²) in [7, 11) is 3.35. The Hall–Kier alpha value is -1.73. The summed E-state index contributed by atoms with van der Waals surface area (Å²) in [6.45, 7) is 0. The zero-order chi connectivity index (χ0) is 13.7. The van der Waals surface area contributed by atoms with Gasteiger partial charge in [0.1, 0.15) is 11.3 Å². The van der Waals surface area contributed by atoms with Gasteiger partial charge >= 0.3 is 0 Å². The lowest BCUT2D eigenvalue weighted by molar-refractivity contribution is 0.0569. The molecule has 4 nitrogen and oxygen atoms in total. The second-order valence-electron chi connectivity index (χ2n) is 5.00. The molecule has 1 aliphatic carbocycles. The number of nitriles is 1. The van der Waals surface area contributed by atoms with Gasteiger partial charge in [-0.15, -0.1) is 0 Å². The van der Waals surface area contributed by atoms with Gasteiger partial charge in [0.25, 0.3) is 0 Å². The van der Waals surface area contributed by atoms with Crippen molar-refractivity contribution in [2.24, 2.45) is 0 Å². The standard InChI is InChI=1S/C15H20N2O2/c1-18-13-6-3-5-12(9-13)17-15(11-16)8-4-7-14(10-15)19-2/h3,5-6,9,14,17H,4,7-8,10H2,1-2H3. The number of hydrogen-bond donors (Lipinski definition) is 1. The normalized spacial score (nSPS) is 26.5. The van der Waals surface area contributed by atoms with Gasteiger partial charge < -0.3 is 14.8 Å². The number of rotatable bonds is 4. The van der Waals surface area contributed by atoms with Gasteiger partial charge in [-0.05, 0) is 31.4 Å². The van der Waals surface area contributed by atoms with E-state index in [1.807, 2.05) is 24.3 Å². The summed E-state index contributed by atoms with van der Waals surface area (Å²) in [5.74, 6) is 0.789. The predicted octanol–water partition coefficient (Wildman–Crippen LogP) is 2.96. The van der Waals surface area contributed by atoms with Gasteiger partial charge in [-0.1, -0.05) is 6.07 Å². The second-order valence-corrected chi connectivity index (χ2v) is 5.00. The fraction of sp³-hybridized carbons (Fsp3) is 0.533. The van der Waals surface area contributed by atoms with E-state index in [9.17, 15) is 5.26 Å². The van der Waals surface area contributed by atoms with Crippen molar-refractivity contribution in [1.29, 1.82) is 5.26 Å². The minimum atomic E-state index is -0.536. The molecule has 1 aliphatic rings. The average Bonchev–Trinajstić information content (AvgIpc) is 2.47. The van der Waals surface area contributed by atoms with Crippen LogP contribution in [0.3, 0.4) is 0 Å². The van der Waals surface area contributed by atoms with Crippen molar-refractivity contribution in [2.45, 2.75) is 37.3 Å². The maximum absolute atomic E-state index is 9.54. The molecular weight excluding hydrogens is 240 g/mol. The number of methoxy groups -OCH3 is 2. The number of nitrogens with zero attached hydrogens (tertiary/aromatic N) is 1. The number of benzene rings is 1. The Bertz CT molecular complexity index is 469. The Morgan fingerprint density at radius 2 is 2.26 bits per heavy atom. The molecule has 1 aromatic rings. The summed E-state index contributed by atoms with van der Waals surface area (Å²) in [5.41, 5.74) is 0.378. The molecular formula is C15H20N2O2. The highest BCUT2D eigenvalue weighted by Gasteiger charge is 2.36. The Kier molecular flexibility index (Phi) is 4.28. The third-order valence-electron chi connectivity index (χ3n) is 3.71. The van der Waals surface area contributed by atoms with Crippen LogP contribution in [0.4, 0.5) is 5.69 Å². The highest BCUT2D eigenvalue weighted by Crippen LogP contribution is 2.33. The van der Waals surface area contributed by atoms with E-state index in [1.165, 1.54) is 0 Å². The topological polar surface area (TPSA) is 54.3 Å². The Labute approximate surface area is 114 Å². The van der Waals surface area contributed by atoms with Crippen molar-refractivity contribution in [1.82, 2.24) is 0 Å². The molecule has 0 saturated heterocycles. The van der Waals surface area contributed by atoms with E-state index >= 15 is 0 Å². The molecule has 2 unspecified atom stereocenters. The summed E-state index contributed by atoms with van der Waals surface area (Å²) in [6, 6.07) is 10.1. The van der Waals surface area contributed by atoms with Crippen LogP contribution in [0.1, 0.15) is 25.7 Å². The van der Waals surface area contributed by atoms with Gasteiger partial charge in [-0.25, -0.2) is 0 Å². The van der Waals surface area contributed by atoms with Crippen LogP contribution in [-0.2, 0) is 4.74 Å². The Balaban J connectivity index is 2.15. The first kappa shape index (κ1) is 13.7. The highest BCUT2D eigenvalue weighted by atomic mass is 16.5. The van der Waals surface area contributed by atoms with E-state index in [0.29, 0.717) is 0 Å². The van der Waals surface area contributed by atoms with Gasteiger partial charge in [-0.3, -0.25) is 0 Å². The number of ether oxygens (including phenoxy) is 2. The highest BCUT2D eigenvalue weighted by molar-refractivity contribution is 5.51. The molecule has 1 fully saturated rings. The largest absolute Gasteiger partial charge is 0.497 e. The summed E-state index contributed by atoms with van der Waals surface area (Å²) in [6.07, 6.45) is 3.76. The van der Waals surface area contributed by atoms with Crippen LogP contribution in [-0.4, -0.2) is 25.9 Å². The van der Waals surface area contributed by atoms with E-state index in [1.54, 1.807) is 14.2 Å². The fourth-order valence-electron chi connectivity index (χ4n) is 2.65. The van der Waals surface area contributed by atoms with Crippen molar-refractivity contribution >= 4 is 5.69 Å². The summed E-state index contributed by atoms with van der Waals surface area (Å²) in [4.78, 5) is 0. The molecule has 1 aromatic carbocycles. The second kappa shape index (κ2) is 5.94. The molecule has 2 atom stereocenters. The average molecular weight is 260 g/mol. The molecule has 4 heteroatoms. The minimum Gasteiger partial charge on any atom is -0.497 e. The van der Waals surface area contributed by atoms with Gasteiger partial charge in [0.2, 0.25) is 0 Å². The first-order valence-electron chi connectivity index (χ1n) is 6.57. The molecule has 2 rings (SSSR count). The molecule has 1 saturated carbocycles. The van der Waals surface area contributed by atoms with E-state index < -0.39 is 5.54 Å². The molecule has 0 bridgehead atoms.